The van der Waals surface area contributed by atoms with Crippen molar-refractivity contribution in [2.24, 2.45) is 0 Å². The van der Waals surface area contributed by atoms with E-state index in [4.69, 9.17) is 0 Å². The van der Waals surface area contributed by atoms with Crippen LogP contribution in [0.15, 0.2) is 59.5 Å². The molecule has 0 amide bonds. The van der Waals surface area contributed by atoms with Gasteiger partial charge in [-0.3, -0.25) is 14.1 Å². The summed E-state index contributed by atoms with van der Waals surface area (Å²) in [6, 6.07) is 15.8. The number of hydrogen-bond donors (Lipinski definition) is 0. The molecule has 0 aliphatic carbocycles. The van der Waals surface area contributed by atoms with Gasteiger partial charge in [0.05, 0.1) is 5.69 Å². The van der Waals surface area contributed by atoms with Gasteiger partial charge in [-0.2, -0.15) is 0 Å². The molecule has 2 heterocycles. The van der Waals surface area contributed by atoms with Crippen molar-refractivity contribution in [3.63, 3.8) is 0 Å². The van der Waals surface area contributed by atoms with Gasteiger partial charge in [0.15, 0.2) is 0 Å². The van der Waals surface area contributed by atoms with Gasteiger partial charge in [0.2, 0.25) is 0 Å². The summed E-state index contributed by atoms with van der Waals surface area (Å²) in [7, 11) is 0. The van der Waals surface area contributed by atoms with E-state index >= 15 is 0 Å². The molecule has 0 aliphatic heterocycles. The van der Waals surface area contributed by atoms with Crippen LogP contribution < -0.4 is 5.56 Å². The summed E-state index contributed by atoms with van der Waals surface area (Å²) in [6.45, 7) is 6.66. The van der Waals surface area contributed by atoms with Crippen LogP contribution in [-0.4, -0.2) is 20.8 Å². The van der Waals surface area contributed by atoms with Crippen molar-refractivity contribution in [1.29, 1.82) is 0 Å². The molecule has 23 heavy (non-hydrogen) atoms. The molecule has 118 valence electrons. The molecule has 0 atom stereocenters. The maximum Gasteiger partial charge on any atom is 0.258 e. The maximum absolute atomic E-state index is 12.2. The second kappa shape index (κ2) is 6.75. The molecular weight excluding hydrogens is 286 g/mol. The minimum Gasteiger partial charge on any atom is -0.294 e. The van der Waals surface area contributed by atoms with Gasteiger partial charge in [0.1, 0.15) is 5.65 Å². The highest BCUT2D eigenvalue weighted by Gasteiger charge is 2.08. The first-order valence-electron chi connectivity index (χ1n) is 7.91. The summed E-state index contributed by atoms with van der Waals surface area (Å²) >= 11 is 0. The van der Waals surface area contributed by atoms with Crippen LogP contribution in [0.5, 0.6) is 0 Å². The van der Waals surface area contributed by atoms with Gasteiger partial charge in [-0.15, -0.1) is 0 Å². The van der Waals surface area contributed by atoms with Crippen LogP contribution in [0.2, 0.25) is 0 Å². The number of pyridine rings is 1. The molecule has 3 aromatic rings. The second-order valence-corrected chi connectivity index (χ2v) is 5.81. The number of rotatable bonds is 5. The average Bonchev–Trinajstić information content (AvgIpc) is 2.54. The third-order valence-corrected chi connectivity index (χ3v) is 3.95. The van der Waals surface area contributed by atoms with E-state index in [1.54, 1.807) is 16.7 Å². The molecule has 0 unspecified atom stereocenters. The predicted molar refractivity (Wildman–Crippen MR) is 92.4 cm³/mol. The number of fused-ring (bicyclic) bond motifs is 1. The SMILES string of the molecule is CCN(Cc1cccc(C)c1)Cc1cc(=O)n2ccccc2n1. The van der Waals surface area contributed by atoms with Crippen molar-refractivity contribution in [3.8, 4) is 0 Å². The standard InChI is InChI=1S/C19H21N3O/c1-3-21(13-16-8-6-7-15(2)11-16)14-17-12-19(23)22-10-5-4-9-18(22)20-17/h4-12H,3,13-14H2,1-2H3. The van der Waals surface area contributed by atoms with Crippen molar-refractivity contribution < 1.29 is 0 Å². The van der Waals surface area contributed by atoms with Gasteiger partial charge in [-0.1, -0.05) is 42.8 Å². The van der Waals surface area contributed by atoms with Gasteiger partial charge in [-0.25, -0.2) is 4.98 Å². The smallest absolute Gasteiger partial charge is 0.258 e. The van der Waals surface area contributed by atoms with Crippen LogP contribution in [-0.2, 0) is 13.1 Å². The molecule has 0 N–H and O–H groups in total. The summed E-state index contributed by atoms with van der Waals surface area (Å²) in [5.41, 5.74) is 4.03. The largest absolute Gasteiger partial charge is 0.294 e. The van der Waals surface area contributed by atoms with E-state index in [0.29, 0.717) is 12.2 Å². The van der Waals surface area contributed by atoms with E-state index in [9.17, 15) is 4.79 Å². The summed E-state index contributed by atoms with van der Waals surface area (Å²) < 4.78 is 1.57. The van der Waals surface area contributed by atoms with Crippen LogP contribution in [0.3, 0.4) is 0 Å². The van der Waals surface area contributed by atoms with Crippen molar-refractivity contribution >= 4 is 5.65 Å². The fourth-order valence-electron chi connectivity index (χ4n) is 2.76. The van der Waals surface area contributed by atoms with E-state index in [2.05, 4.69) is 48.0 Å². The lowest BCUT2D eigenvalue weighted by atomic mass is 10.1. The van der Waals surface area contributed by atoms with Crippen molar-refractivity contribution in [2.45, 2.75) is 26.9 Å². The number of aromatic nitrogens is 2. The van der Waals surface area contributed by atoms with Crippen molar-refractivity contribution in [3.05, 3.63) is 81.9 Å². The van der Waals surface area contributed by atoms with Gasteiger partial charge < -0.3 is 0 Å². The Morgan fingerprint density at radius 3 is 2.74 bits per heavy atom. The number of nitrogens with zero attached hydrogens (tertiary/aromatic N) is 3. The maximum atomic E-state index is 12.2. The highest BCUT2D eigenvalue weighted by Crippen LogP contribution is 2.10. The lowest BCUT2D eigenvalue weighted by Crippen LogP contribution is -2.25. The molecule has 0 saturated heterocycles. The molecule has 0 radical (unpaired) electrons. The number of aryl methyl sites for hydroxylation is 1. The Bertz CT molecular complexity index is 870. The Hall–Kier alpha value is -2.46. The molecule has 0 aliphatic rings. The summed E-state index contributed by atoms with van der Waals surface area (Å²) in [5.74, 6) is 0. The third kappa shape index (κ3) is 3.66. The predicted octanol–water partition coefficient (Wildman–Crippen LogP) is 3.03. The molecule has 0 bridgehead atoms. The molecular formula is C19H21N3O. The van der Waals surface area contributed by atoms with Crippen molar-refractivity contribution in [2.75, 3.05) is 6.54 Å². The number of hydrogen-bond acceptors (Lipinski definition) is 3. The minimum absolute atomic E-state index is 0.0304. The van der Waals surface area contributed by atoms with Crippen LogP contribution in [0, 0.1) is 6.92 Å². The van der Waals surface area contributed by atoms with Crippen LogP contribution >= 0.6 is 0 Å². The molecule has 0 saturated carbocycles. The van der Waals surface area contributed by atoms with E-state index in [1.165, 1.54) is 11.1 Å². The topological polar surface area (TPSA) is 37.6 Å². The zero-order chi connectivity index (χ0) is 16.2. The van der Waals surface area contributed by atoms with Crippen LogP contribution in [0.25, 0.3) is 5.65 Å². The van der Waals surface area contributed by atoms with E-state index in [-0.39, 0.29) is 5.56 Å². The quantitative estimate of drug-likeness (QED) is 0.727. The Kier molecular flexibility index (Phi) is 4.53. The van der Waals surface area contributed by atoms with Gasteiger partial charge in [0.25, 0.3) is 5.56 Å². The first kappa shape index (κ1) is 15.4. The molecule has 4 nitrogen and oxygen atoms in total. The normalized spacial score (nSPS) is 11.3. The Morgan fingerprint density at radius 1 is 1.09 bits per heavy atom. The van der Waals surface area contributed by atoms with E-state index in [0.717, 1.165) is 18.8 Å². The lowest BCUT2D eigenvalue weighted by molar-refractivity contribution is 0.268. The summed E-state index contributed by atoms with van der Waals surface area (Å²) in [5, 5.41) is 0. The van der Waals surface area contributed by atoms with Gasteiger partial charge >= 0.3 is 0 Å². The zero-order valence-electron chi connectivity index (χ0n) is 13.6. The molecule has 2 aromatic heterocycles. The molecule has 1 aromatic carbocycles. The Morgan fingerprint density at radius 2 is 1.96 bits per heavy atom. The Labute approximate surface area is 136 Å². The Balaban J connectivity index is 1.83. The molecule has 4 heteroatoms. The molecule has 0 fully saturated rings. The first-order valence-corrected chi connectivity index (χ1v) is 7.91. The first-order chi connectivity index (χ1) is 11.2. The fraction of sp³-hybridized carbons (Fsp3) is 0.263. The number of benzene rings is 1. The highest BCUT2D eigenvalue weighted by molar-refractivity contribution is 5.38. The van der Waals surface area contributed by atoms with Crippen molar-refractivity contribution in [1.82, 2.24) is 14.3 Å². The van der Waals surface area contributed by atoms with E-state index in [1.807, 2.05) is 18.2 Å². The lowest BCUT2D eigenvalue weighted by Gasteiger charge is -2.20. The van der Waals surface area contributed by atoms with Crippen LogP contribution in [0.1, 0.15) is 23.7 Å². The zero-order valence-corrected chi connectivity index (χ0v) is 13.6. The van der Waals surface area contributed by atoms with Gasteiger partial charge in [-0.05, 0) is 31.2 Å². The van der Waals surface area contributed by atoms with E-state index < -0.39 is 0 Å². The molecule has 3 rings (SSSR count). The highest BCUT2D eigenvalue weighted by atomic mass is 16.1. The monoisotopic (exact) mass is 307 g/mol. The summed E-state index contributed by atoms with van der Waals surface area (Å²) in [6.07, 6.45) is 1.75. The van der Waals surface area contributed by atoms with Crippen LogP contribution in [0.4, 0.5) is 0 Å². The summed E-state index contributed by atoms with van der Waals surface area (Å²) in [4.78, 5) is 19.1. The third-order valence-electron chi connectivity index (χ3n) is 3.95. The average molecular weight is 307 g/mol. The minimum atomic E-state index is -0.0304. The fourth-order valence-corrected chi connectivity index (χ4v) is 2.76. The molecule has 0 spiro atoms. The second-order valence-electron chi connectivity index (χ2n) is 5.81. The van der Waals surface area contributed by atoms with Gasteiger partial charge in [0, 0.05) is 25.4 Å².